The second-order valence-electron chi connectivity index (χ2n) is 6.88. The van der Waals surface area contributed by atoms with E-state index in [9.17, 15) is 9.59 Å². The number of rotatable bonds is 6. The molecule has 1 saturated carbocycles. The second-order valence-corrected chi connectivity index (χ2v) is 8.79. The van der Waals surface area contributed by atoms with Gasteiger partial charge in [0.1, 0.15) is 0 Å². The van der Waals surface area contributed by atoms with Crippen LogP contribution in [0.4, 0.5) is 5.69 Å². The number of hydrogen-bond acceptors (Lipinski definition) is 4. The van der Waals surface area contributed by atoms with Gasteiger partial charge in [-0.25, -0.2) is 0 Å². The lowest BCUT2D eigenvalue weighted by molar-refractivity contribution is -0.137. The van der Waals surface area contributed by atoms with Gasteiger partial charge in [0.25, 0.3) is 0 Å². The van der Waals surface area contributed by atoms with Gasteiger partial charge in [-0.3, -0.25) is 9.59 Å². The molecule has 2 aromatic rings. The van der Waals surface area contributed by atoms with Gasteiger partial charge in [-0.15, -0.1) is 23.1 Å². The minimum absolute atomic E-state index is 0.0483. The summed E-state index contributed by atoms with van der Waals surface area (Å²) >= 11 is 3.36. The van der Waals surface area contributed by atoms with Crippen molar-refractivity contribution in [1.82, 2.24) is 4.90 Å². The van der Waals surface area contributed by atoms with Gasteiger partial charge in [0, 0.05) is 34.5 Å². The molecular weight excluding hydrogens is 364 g/mol. The first-order valence-corrected chi connectivity index (χ1v) is 11.0. The highest BCUT2D eigenvalue weighted by Gasteiger charge is 2.41. The van der Waals surface area contributed by atoms with Gasteiger partial charge in [0.15, 0.2) is 0 Å². The zero-order valence-corrected chi connectivity index (χ0v) is 16.4. The van der Waals surface area contributed by atoms with Crippen LogP contribution in [-0.4, -0.2) is 35.6 Å². The maximum absolute atomic E-state index is 13.1. The summed E-state index contributed by atoms with van der Waals surface area (Å²) in [5.74, 6) is -0.0482. The van der Waals surface area contributed by atoms with E-state index in [-0.39, 0.29) is 17.7 Å². The molecule has 1 unspecified atom stereocenters. The van der Waals surface area contributed by atoms with Gasteiger partial charge in [0.05, 0.1) is 12.5 Å². The highest BCUT2D eigenvalue weighted by molar-refractivity contribution is 7.98. The lowest BCUT2D eigenvalue weighted by Gasteiger charge is -2.25. The summed E-state index contributed by atoms with van der Waals surface area (Å²) < 4.78 is 0. The van der Waals surface area contributed by atoms with E-state index in [1.807, 2.05) is 46.9 Å². The Morgan fingerprint density at radius 1 is 1.27 bits per heavy atom. The molecule has 0 bridgehead atoms. The Kier molecular flexibility index (Phi) is 5.05. The molecule has 4 nitrogen and oxygen atoms in total. The highest BCUT2D eigenvalue weighted by atomic mass is 32.2. The van der Waals surface area contributed by atoms with Crippen LogP contribution < -0.4 is 4.90 Å². The van der Waals surface area contributed by atoms with Gasteiger partial charge in [0.2, 0.25) is 11.8 Å². The lowest BCUT2D eigenvalue weighted by atomic mass is 10.1. The van der Waals surface area contributed by atoms with Crippen molar-refractivity contribution in [3.05, 3.63) is 46.7 Å². The summed E-state index contributed by atoms with van der Waals surface area (Å²) in [7, 11) is 0. The molecule has 0 spiro atoms. The van der Waals surface area contributed by atoms with Crippen molar-refractivity contribution in [2.45, 2.75) is 36.7 Å². The number of benzene rings is 1. The number of anilines is 1. The quantitative estimate of drug-likeness (QED) is 0.704. The Morgan fingerprint density at radius 2 is 2.04 bits per heavy atom. The Morgan fingerprint density at radius 3 is 2.65 bits per heavy atom. The zero-order chi connectivity index (χ0) is 18.1. The first-order valence-electron chi connectivity index (χ1n) is 8.93. The molecule has 1 aromatic heterocycles. The molecule has 26 heavy (non-hydrogen) atoms. The third kappa shape index (κ3) is 3.67. The number of thiophene rings is 1. The van der Waals surface area contributed by atoms with Gasteiger partial charge >= 0.3 is 0 Å². The van der Waals surface area contributed by atoms with Crippen LogP contribution >= 0.6 is 23.1 Å². The van der Waals surface area contributed by atoms with Crippen molar-refractivity contribution in [2.75, 3.05) is 17.7 Å². The Labute approximate surface area is 162 Å². The average molecular weight is 387 g/mol. The highest BCUT2D eigenvalue weighted by Crippen LogP contribution is 2.34. The number of nitrogens with zero attached hydrogens (tertiary/aromatic N) is 2. The van der Waals surface area contributed by atoms with Crippen LogP contribution in [0.5, 0.6) is 0 Å². The molecule has 2 amide bonds. The Hall–Kier alpha value is -1.79. The second kappa shape index (κ2) is 7.45. The largest absolute Gasteiger partial charge is 0.334 e. The summed E-state index contributed by atoms with van der Waals surface area (Å²) in [6, 6.07) is 12.4. The molecule has 1 saturated heterocycles. The maximum Gasteiger partial charge on any atom is 0.228 e. The van der Waals surface area contributed by atoms with Crippen molar-refractivity contribution in [1.29, 1.82) is 0 Å². The summed E-state index contributed by atoms with van der Waals surface area (Å²) in [5.41, 5.74) is 0.888. The van der Waals surface area contributed by atoms with E-state index in [1.54, 1.807) is 28.0 Å². The zero-order valence-electron chi connectivity index (χ0n) is 14.8. The minimum Gasteiger partial charge on any atom is -0.334 e. The predicted molar refractivity (Wildman–Crippen MR) is 107 cm³/mol. The normalized spacial score (nSPS) is 19.8. The van der Waals surface area contributed by atoms with Crippen molar-refractivity contribution in [3.8, 4) is 0 Å². The van der Waals surface area contributed by atoms with Crippen LogP contribution in [0.3, 0.4) is 0 Å². The van der Waals surface area contributed by atoms with E-state index in [2.05, 4.69) is 6.07 Å². The number of thioether (sulfide) groups is 1. The average Bonchev–Trinajstić information content (AvgIpc) is 3.23. The lowest BCUT2D eigenvalue weighted by Crippen LogP contribution is -2.38. The van der Waals surface area contributed by atoms with Gasteiger partial charge in [-0.1, -0.05) is 6.07 Å². The van der Waals surface area contributed by atoms with Crippen LogP contribution in [0.2, 0.25) is 0 Å². The summed E-state index contributed by atoms with van der Waals surface area (Å²) in [4.78, 5) is 31.8. The fraction of sp³-hybridized carbons (Fsp3) is 0.400. The molecular formula is C20H22N2O2S2. The summed E-state index contributed by atoms with van der Waals surface area (Å²) in [6.45, 7) is 1.16. The number of carbonyl (C=O) groups excluding carboxylic acids is 2. The number of carbonyl (C=O) groups is 2. The van der Waals surface area contributed by atoms with Gasteiger partial charge < -0.3 is 9.80 Å². The molecule has 2 aliphatic rings. The van der Waals surface area contributed by atoms with Crippen molar-refractivity contribution in [2.24, 2.45) is 5.92 Å². The summed E-state index contributed by atoms with van der Waals surface area (Å²) in [5, 5.41) is 2.05. The number of hydrogen-bond donors (Lipinski definition) is 0. The van der Waals surface area contributed by atoms with Gasteiger partial charge in [-0.2, -0.15) is 0 Å². The fourth-order valence-electron chi connectivity index (χ4n) is 3.46. The number of amides is 2. The van der Waals surface area contributed by atoms with Crippen LogP contribution in [0.15, 0.2) is 46.7 Å². The summed E-state index contributed by atoms with van der Waals surface area (Å²) in [6.07, 6.45) is 4.51. The first kappa shape index (κ1) is 17.6. The standard InChI is InChI=1S/C20H22N2O2S2/c1-25-17-8-6-15(7-9-17)21-12-14(11-19(21)23)20(24)22(16-4-5-16)13-18-3-2-10-26-18/h2-3,6-10,14,16H,4-5,11-13H2,1H3. The topological polar surface area (TPSA) is 40.6 Å². The molecule has 0 radical (unpaired) electrons. The van der Waals surface area contributed by atoms with E-state index >= 15 is 0 Å². The van der Waals surface area contributed by atoms with Crippen LogP contribution in [0.25, 0.3) is 0 Å². The fourth-order valence-corrected chi connectivity index (χ4v) is 4.57. The molecule has 136 valence electrons. The van der Waals surface area contributed by atoms with Crippen LogP contribution in [0.1, 0.15) is 24.1 Å². The molecule has 4 rings (SSSR count). The molecule has 1 aliphatic heterocycles. The van der Waals surface area contributed by atoms with Crippen molar-refractivity contribution < 1.29 is 9.59 Å². The SMILES string of the molecule is CSc1ccc(N2CC(C(=O)N(Cc3cccs3)C3CC3)CC2=O)cc1. The molecule has 1 atom stereocenters. The molecule has 0 N–H and O–H groups in total. The maximum atomic E-state index is 13.1. The monoisotopic (exact) mass is 386 g/mol. The van der Waals surface area contributed by atoms with E-state index in [4.69, 9.17) is 0 Å². The molecule has 2 fully saturated rings. The minimum atomic E-state index is -0.233. The molecule has 1 aromatic carbocycles. The van der Waals surface area contributed by atoms with Crippen LogP contribution in [-0.2, 0) is 16.1 Å². The van der Waals surface area contributed by atoms with Crippen molar-refractivity contribution in [3.63, 3.8) is 0 Å². The first-order chi connectivity index (χ1) is 12.7. The molecule has 1 aliphatic carbocycles. The van der Waals surface area contributed by atoms with E-state index in [0.717, 1.165) is 18.5 Å². The van der Waals surface area contributed by atoms with E-state index in [1.165, 1.54) is 9.77 Å². The third-order valence-corrected chi connectivity index (χ3v) is 6.64. The van der Waals surface area contributed by atoms with Gasteiger partial charge in [-0.05, 0) is 54.8 Å². The molecule has 6 heteroatoms. The predicted octanol–water partition coefficient (Wildman–Crippen LogP) is 4.01. The van der Waals surface area contributed by atoms with E-state index in [0.29, 0.717) is 25.6 Å². The van der Waals surface area contributed by atoms with E-state index < -0.39 is 0 Å². The Balaban J connectivity index is 1.47. The third-order valence-electron chi connectivity index (χ3n) is 5.04. The van der Waals surface area contributed by atoms with Crippen LogP contribution in [0, 0.1) is 5.92 Å². The van der Waals surface area contributed by atoms with Crippen molar-refractivity contribution >= 4 is 40.6 Å². The Bertz CT molecular complexity index is 785. The molecule has 2 heterocycles. The smallest absolute Gasteiger partial charge is 0.228 e.